The average Bonchev–Trinajstić information content (AvgIpc) is 3.24. The molecule has 4 rings (SSSR count). The number of benzene rings is 3. The van der Waals surface area contributed by atoms with E-state index in [9.17, 15) is 4.79 Å². The Balaban J connectivity index is 1.47. The Kier molecular flexibility index (Phi) is 6.51. The first-order valence-corrected chi connectivity index (χ1v) is 10.6. The van der Waals surface area contributed by atoms with E-state index in [4.69, 9.17) is 26.8 Å². The maximum absolute atomic E-state index is 12.6. The van der Waals surface area contributed by atoms with Crippen LogP contribution in [0.1, 0.15) is 15.9 Å². The molecule has 0 saturated carbocycles. The maximum atomic E-state index is 12.6. The second-order valence-corrected chi connectivity index (χ2v) is 7.72. The second kappa shape index (κ2) is 9.67. The Labute approximate surface area is 196 Å². The molecule has 33 heavy (non-hydrogen) atoms. The summed E-state index contributed by atoms with van der Waals surface area (Å²) in [5.41, 5.74) is 9.87. The average molecular weight is 463 g/mol. The van der Waals surface area contributed by atoms with Gasteiger partial charge in [-0.05, 0) is 48.5 Å². The summed E-state index contributed by atoms with van der Waals surface area (Å²) in [5.74, 6) is 1.62. The number of halogens is 1. The van der Waals surface area contributed by atoms with Crippen molar-refractivity contribution in [2.45, 2.75) is 6.54 Å². The number of nitrogens with two attached hydrogens (primary N) is 1. The van der Waals surface area contributed by atoms with Gasteiger partial charge in [-0.15, -0.1) is 0 Å². The predicted octanol–water partition coefficient (Wildman–Crippen LogP) is 4.72. The molecular formula is C25H23ClN4O3. The van der Waals surface area contributed by atoms with Crippen LogP contribution < -0.4 is 20.5 Å². The van der Waals surface area contributed by atoms with Crippen molar-refractivity contribution in [3.8, 4) is 28.4 Å². The topological polar surface area (TPSA) is 91.4 Å². The predicted molar refractivity (Wildman–Crippen MR) is 129 cm³/mol. The Morgan fingerprint density at radius 1 is 1.03 bits per heavy atom. The molecule has 0 unspecified atom stereocenters. The highest BCUT2D eigenvalue weighted by molar-refractivity contribution is 6.30. The number of carbonyl (C=O) groups is 1. The van der Waals surface area contributed by atoms with E-state index in [1.54, 1.807) is 61.4 Å². The number of anilines is 1. The third-order valence-electron chi connectivity index (χ3n) is 5.16. The SMILES string of the molecule is COc1ccc(CNC(=O)c2ccc(-n3nc(-c4cccc(Cl)c4)cc3N)cc2)c(OC)c1. The molecule has 168 valence electrons. The van der Waals surface area contributed by atoms with Gasteiger partial charge in [-0.25, -0.2) is 4.68 Å². The third-order valence-corrected chi connectivity index (χ3v) is 5.40. The lowest BCUT2D eigenvalue weighted by Gasteiger charge is -2.11. The van der Waals surface area contributed by atoms with Crippen LogP contribution in [0.2, 0.25) is 5.02 Å². The van der Waals surface area contributed by atoms with Crippen molar-refractivity contribution in [1.82, 2.24) is 15.1 Å². The van der Waals surface area contributed by atoms with Gasteiger partial charge in [-0.3, -0.25) is 4.79 Å². The molecule has 0 radical (unpaired) electrons. The van der Waals surface area contributed by atoms with Gasteiger partial charge < -0.3 is 20.5 Å². The molecule has 1 aromatic heterocycles. The van der Waals surface area contributed by atoms with Crippen LogP contribution in [0.15, 0.2) is 72.8 Å². The third kappa shape index (κ3) is 4.94. The molecule has 0 fully saturated rings. The highest BCUT2D eigenvalue weighted by Crippen LogP contribution is 2.26. The van der Waals surface area contributed by atoms with Crippen molar-refractivity contribution in [2.24, 2.45) is 0 Å². The number of rotatable bonds is 7. The number of hydrogen-bond donors (Lipinski definition) is 2. The van der Waals surface area contributed by atoms with Crippen LogP contribution >= 0.6 is 11.6 Å². The number of methoxy groups -OCH3 is 2. The van der Waals surface area contributed by atoms with E-state index in [1.165, 1.54) is 0 Å². The zero-order chi connectivity index (χ0) is 23.4. The summed E-state index contributed by atoms with van der Waals surface area (Å²) in [6.07, 6.45) is 0. The fourth-order valence-electron chi connectivity index (χ4n) is 3.42. The molecular weight excluding hydrogens is 440 g/mol. The van der Waals surface area contributed by atoms with Gasteiger partial charge in [0.1, 0.15) is 17.3 Å². The molecule has 0 aliphatic rings. The van der Waals surface area contributed by atoms with Crippen molar-refractivity contribution in [1.29, 1.82) is 0 Å². The van der Waals surface area contributed by atoms with Gasteiger partial charge >= 0.3 is 0 Å². The molecule has 0 spiro atoms. The van der Waals surface area contributed by atoms with Crippen LogP contribution in [-0.2, 0) is 6.54 Å². The maximum Gasteiger partial charge on any atom is 0.251 e. The molecule has 4 aromatic rings. The standard InChI is InChI=1S/C25H23ClN4O3/c1-32-21-11-8-18(23(13-21)33-2)15-28-25(31)16-6-9-20(10-7-16)30-24(27)14-22(29-30)17-4-3-5-19(26)12-17/h3-14H,15,27H2,1-2H3,(H,28,31). The summed E-state index contributed by atoms with van der Waals surface area (Å²) >= 11 is 6.08. The molecule has 0 aliphatic heterocycles. The summed E-state index contributed by atoms with van der Waals surface area (Å²) in [4.78, 5) is 12.6. The van der Waals surface area contributed by atoms with E-state index in [0.29, 0.717) is 40.1 Å². The van der Waals surface area contributed by atoms with Crippen LogP contribution in [0.5, 0.6) is 11.5 Å². The minimum atomic E-state index is -0.201. The van der Waals surface area contributed by atoms with E-state index >= 15 is 0 Å². The minimum absolute atomic E-state index is 0.201. The van der Waals surface area contributed by atoms with Crippen molar-refractivity contribution in [3.05, 3.63) is 88.9 Å². The van der Waals surface area contributed by atoms with E-state index in [1.807, 2.05) is 30.3 Å². The normalized spacial score (nSPS) is 10.6. The monoisotopic (exact) mass is 462 g/mol. The minimum Gasteiger partial charge on any atom is -0.497 e. The zero-order valence-electron chi connectivity index (χ0n) is 18.2. The smallest absolute Gasteiger partial charge is 0.251 e. The number of aromatic nitrogens is 2. The molecule has 8 heteroatoms. The molecule has 1 amide bonds. The largest absolute Gasteiger partial charge is 0.497 e. The Bertz CT molecular complexity index is 1290. The Morgan fingerprint density at radius 3 is 2.52 bits per heavy atom. The first-order chi connectivity index (χ1) is 16.0. The quantitative estimate of drug-likeness (QED) is 0.414. The van der Waals surface area contributed by atoms with Crippen LogP contribution in [-0.4, -0.2) is 29.9 Å². The van der Waals surface area contributed by atoms with Gasteiger partial charge in [0.2, 0.25) is 0 Å². The van der Waals surface area contributed by atoms with Crippen molar-refractivity contribution in [3.63, 3.8) is 0 Å². The first kappa shape index (κ1) is 22.2. The number of nitrogen functional groups attached to an aromatic ring is 1. The van der Waals surface area contributed by atoms with Gasteiger partial charge in [0, 0.05) is 40.4 Å². The van der Waals surface area contributed by atoms with E-state index in [2.05, 4.69) is 10.4 Å². The van der Waals surface area contributed by atoms with Crippen LogP contribution in [0.25, 0.3) is 16.9 Å². The van der Waals surface area contributed by atoms with E-state index < -0.39 is 0 Å². The van der Waals surface area contributed by atoms with Gasteiger partial charge in [0.05, 0.1) is 25.6 Å². The zero-order valence-corrected chi connectivity index (χ0v) is 19.0. The molecule has 0 atom stereocenters. The lowest BCUT2D eigenvalue weighted by Crippen LogP contribution is -2.23. The van der Waals surface area contributed by atoms with Crippen LogP contribution in [0.3, 0.4) is 0 Å². The summed E-state index contributed by atoms with van der Waals surface area (Å²) < 4.78 is 12.2. The fourth-order valence-corrected chi connectivity index (χ4v) is 3.61. The lowest BCUT2D eigenvalue weighted by atomic mass is 10.1. The molecule has 7 nitrogen and oxygen atoms in total. The van der Waals surface area contributed by atoms with Crippen LogP contribution in [0.4, 0.5) is 5.82 Å². The highest BCUT2D eigenvalue weighted by atomic mass is 35.5. The number of nitrogens with one attached hydrogen (secondary N) is 1. The van der Waals surface area contributed by atoms with Crippen molar-refractivity contribution in [2.75, 3.05) is 20.0 Å². The number of amides is 1. The van der Waals surface area contributed by atoms with Gasteiger partial charge in [-0.1, -0.05) is 23.7 Å². The van der Waals surface area contributed by atoms with E-state index in [-0.39, 0.29) is 5.91 Å². The number of carbonyl (C=O) groups excluding carboxylic acids is 1. The second-order valence-electron chi connectivity index (χ2n) is 7.28. The summed E-state index contributed by atoms with van der Waals surface area (Å²) in [6.45, 7) is 0.322. The summed E-state index contributed by atoms with van der Waals surface area (Å²) in [6, 6.07) is 21.7. The molecule has 0 aliphatic carbocycles. The van der Waals surface area contributed by atoms with Crippen molar-refractivity contribution < 1.29 is 14.3 Å². The Hall–Kier alpha value is -3.97. The molecule has 1 heterocycles. The Morgan fingerprint density at radius 2 is 1.82 bits per heavy atom. The van der Waals surface area contributed by atoms with Gasteiger partial charge in [0.15, 0.2) is 0 Å². The summed E-state index contributed by atoms with van der Waals surface area (Å²) in [7, 11) is 3.17. The van der Waals surface area contributed by atoms with Gasteiger partial charge in [-0.2, -0.15) is 5.10 Å². The number of nitrogens with zero attached hydrogens (tertiary/aromatic N) is 2. The fraction of sp³-hybridized carbons (Fsp3) is 0.120. The van der Waals surface area contributed by atoms with Crippen molar-refractivity contribution >= 4 is 23.3 Å². The first-order valence-electron chi connectivity index (χ1n) is 10.2. The van der Waals surface area contributed by atoms with Gasteiger partial charge in [0.25, 0.3) is 5.91 Å². The highest BCUT2D eigenvalue weighted by Gasteiger charge is 2.12. The number of ether oxygens (including phenoxy) is 2. The molecule has 3 N–H and O–H groups in total. The molecule has 3 aromatic carbocycles. The molecule has 0 saturated heterocycles. The summed E-state index contributed by atoms with van der Waals surface area (Å²) in [5, 5.41) is 8.12. The number of hydrogen-bond acceptors (Lipinski definition) is 5. The lowest BCUT2D eigenvalue weighted by molar-refractivity contribution is 0.0950. The van der Waals surface area contributed by atoms with Crippen LogP contribution in [0, 0.1) is 0 Å². The van der Waals surface area contributed by atoms with E-state index in [0.717, 1.165) is 16.8 Å². The molecule has 0 bridgehead atoms.